The Kier molecular flexibility index (Phi) is 6.25. The van der Waals surface area contributed by atoms with E-state index in [0.29, 0.717) is 36.5 Å². The van der Waals surface area contributed by atoms with Crippen LogP contribution < -0.4 is 9.64 Å². The third kappa shape index (κ3) is 4.27. The summed E-state index contributed by atoms with van der Waals surface area (Å²) in [6.45, 7) is 0.0748. The molecule has 11 heteroatoms. The van der Waals surface area contributed by atoms with Crippen LogP contribution in [0.15, 0.2) is 43.0 Å². The molecule has 10 nitrogen and oxygen atoms in total. The topological polar surface area (TPSA) is 117 Å². The zero-order valence-electron chi connectivity index (χ0n) is 19.5. The minimum absolute atomic E-state index is 0.0748. The SMILES string of the molecule is COCOc1cc(-c2cn[nH]c2)ccc1-c1cnc(N(C)[C@H]2C[C@@H]3CC[C@H]([C@H]2F)N3C(=O)O)cn1. The Morgan fingerprint density at radius 1 is 1.26 bits per heavy atom. The summed E-state index contributed by atoms with van der Waals surface area (Å²) in [6, 6.07) is 4.50. The molecule has 5 rings (SSSR count). The number of H-pyrrole nitrogens is 1. The van der Waals surface area contributed by atoms with E-state index in [0.717, 1.165) is 16.7 Å². The fraction of sp³-hybridized carbons (Fsp3) is 0.417. The number of ether oxygens (including phenoxy) is 2. The first-order valence-corrected chi connectivity index (χ1v) is 11.4. The molecule has 4 heterocycles. The lowest BCUT2D eigenvalue weighted by atomic mass is 9.94. The minimum Gasteiger partial charge on any atom is -0.467 e. The van der Waals surface area contributed by atoms with Gasteiger partial charge in [0.25, 0.3) is 0 Å². The number of anilines is 1. The number of hydrogen-bond acceptors (Lipinski definition) is 7. The second-order valence-electron chi connectivity index (χ2n) is 8.86. The number of benzene rings is 1. The first kappa shape index (κ1) is 23.0. The van der Waals surface area contributed by atoms with E-state index in [1.165, 1.54) is 4.90 Å². The van der Waals surface area contributed by atoms with Crippen LogP contribution in [0.1, 0.15) is 19.3 Å². The smallest absolute Gasteiger partial charge is 0.407 e. The number of aromatic nitrogens is 4. The highest BCUT2D eigenvalue weighted by molar-refractivity contribution is 5.74. The predicted octanol–water partition coefficient (Wildman–Crippen LogP) is 3.57. The summed E-state index contributed by atoms with van der Waals surface area (Å²) < 4.78 is 26.2. The number of nitrogens with zero attached hydrogens (tertiary/aromatic N) is 5. The number of fused-ring (bicyclic) bond motifs is 2. The van der Waals surface area contributed by atoms with Crippen LogP contribution in [0.4, 0.5) is 15.0 Å². The Hall–Kier alpha value is -3.73. The van der Waals surface area contributed by atoms with E-state index in [4.69, 9.17) is 9.47 Å². The summed E-state index contributed by atoms with van der Waals surface area (Å²) in [4.78, 5) is 23.8. The van der Waals surface area contributed by atoms with Crippen molar-refractivity contribution in [3.05, 3.63) is 43.0 Å². The molecule has 2 bridgehead atoms. The van der Waals surface area contributed by atoms with Crippen LogP contribution in [0.5, 0.6) is 5.75 Å². The van der Waals surface area contributed by atoms with Crippen LogP contribution in [0.2, 0.25) is 0 Å². The lowest BCUT2D eigenvalue weighted by molar-refractivity contribution is 0.0489. The Balaban J connectivity index is 1.37. The van der Waals surface area contributed by atoms with Crippen molar-refractivity contribution in [2.75, 3.05) is 25.9 Å². The number of methoxy groups -OCH3 is 1. The number of aromatic amines is 1. The van der Waals surface area contributed by atoms with Gasteiger partial charge in [-0.15, -0.1) is 0 Å². The average molecular weight is 483 g/mol. The van der Waals surface area contributed by atoms with E-state index in [1.54, 1.807) is 43.8 Å². The van der Waals surface area contributed by atoms with Crippen molar-refractivity contribution in [1.82, 2.24) is 25.1 Å². The Labute approximate surface area is 201 Å². The molecule has 1 amide bonds. The van der Waals surface area contributed by atoms with Gasteiger partial charge in [-0.1, -0.05) is 6.07 Å². The normalized spacial score (nSPS) is 23.3. The van der Waals surface area contributed by atoms with Crippen molar-refractivity contribution in [3.63, 3.8) is 0 Å². The van der Waals surface area contributed by atoms with Gasteiger partial charge < -0.3 is 19.5 Å². The van der Waals surface area contributed by atoms with Gasteiger partial charge in [-0.25, -0.2) is 14.2 Å². The van der Waals surface area contributed by atoms with Crippen LogP contribution in [-0.2, 0) is 4.74 Å². The molecule has 184 valence electrons. The molecule has 2 aliphatic rings. The van der Waals surface area contributed by atoms with Gasteiger partial charge in [-0.2, -0.15) is 5.10 Å². The molecule has 4 atom stereocenters. The maximum atomic E-state index is 15.3. The van der Waals surface area contributed by atoms with Crippen LogP contribution in [0.3, 0.4) is 0 Å². The zero-order valence-corrected chi connectivity index (χ0v) is 19.5. The molecule has 2 saturated heterocycles. The maximum Gasteiger partial charge on any atom is 0.407 e. The molecule has 2 aliphatic heterocycles. The second kappa shape index (κ2) is 9.49. The fourth-order valence-electron chi connectivity index (χ4n) is 5.17. The molecule has 2 aromatic heterocycles. The number of alkyl halides is 1. The van der Waals surface area contributed by atoms with Crippen LogP contribution in [0, 0.1) is 0 Å². The molecular weight excluding hydrogens is 455 g/mol. The van der Waals surface area contributed by atoms with E-state index >= 15 is 4.39 Å². The number of nitrogens with one attached hydrogen (secondary N) is 1. The summed E-state index contributed by atoms with van der Waals surface area (Å²) in [7, 11) is 3.33. The van der Waals surface area contributed by atoms with Crippen molar-refractivity contribution < 1.29 is 23.8 Å². The third-order valence-corrected chi connectivity index (χ3v) is 6.93. The third-order valence-electron chi connectivity index (χ3n) is 6.93. The highest BCUT2D eigenvalue weighted by Gasteiger charge is 2.51. The summed E-state index contributed by atoms with van der Waals surface area (Å²) in [5.74, 6) is 1.11. The van der Waals surface area contributed by atoms with Gasteiger partial charge in [-0.05, 0) is 37.0 Å². The highest BCUT2D eigenvalue weighted by atomic mass is 19.1. The lowest BCUT2D eigenvalue weighted by Gasteiger charge is -2.43. The standard InChI is InChI=1S/C24H27FN6O4/c1-30(20-8-16-4-6-19(23(20)25)31(16)24(32)33)22-12-26-18(11-27-22)17-5-3-14(15-9-28-29-10-15)7-21(17)35-13-34-2/h3,5,7,9-12,16,19-20,23H,4,6,8,13H2,1-2H3,(H,28,29)(H,32,33)/t16-,19+,20-,23+/m0/s1. The van der Waals surface area contributed by atoms with Crippen molar-refractivity contribution in [2.45, 2.75) is 43.6 Å². The molecule has 3 aromatic rings. The number of hydrogen-bond donors (Lipinski definition) is 2. The number of amides is 1. The summed E-state index contributed by atoms with van der Waals surface area (Å²) in [6.07, 6.45) is 6.09. The van der Waals surface area contributed by atoms with E-state index < -0.39 is 24.3 Å². The van der Waals surface area contributed by atoms with Crippen molar-refractivity contribution >= 4 is 11.9 Å². The Bertz CT molecular complexity index is 1180. The highest BCUT2D eigenvalue weighted by Crippen LogP contribution is 2.40. The Morgan fingerprint density at radius 3 is 2.80 bits per heavy atom. The summed E-state index contributed by atoms with van der Waals surface area (Å²) in [5.41, 5.74) is 3.19. The van der Waals surface area contributed by atoms with E-state index in [1.807, 2.05) is 18.2 Å². The molecule has 0 saturated carbocycles. The molecular formula is C24H27FN6O4. The number of rotatable bonds is 7. The van der Waals surface area contributed by atoms with Gasteiger partial charge in [0.15, 0.2) is 6.79 Å². The fourth-order valence-corrected chi connectivity index (χ4v) is 5.17. The van der Waals surface area contributed by atoms with Crippen LogP contribution in [0.25, 0.3) is 22.4 Å². The minimum atomic E-state index is -1.29. The number of carbonyl (C=O) groups is 1. The van der Waals surface area contributed by atoms with Crippen LogP contribution >= 0.6 is 0 Å². The maximum absolute atomic E-state index is 15.3. The average Bonchev–Trinajstić information content (AvgIpc) is 3.53. The lowest BCUT2D eigenvalue weighted by Crippen LogP contribution is -2.58. The van der Waals surface area contributed by atoms with Gasteiger partial charge in [-0.3, -0.25) is 15.0 Å². The number of halogens is 1. The molecule has 0 spiro atoms. The molecule has 2 fully saturated rings. The molecule has 0 aliphatic carbocycles. The van der Waals surface area contributed by atoms with E-state index in [9.17, 15) is 9.90 Å². The van der Waals surface area contributed by atoms with Crippen molar-refractivity contribution in [2.24, 2.45) is 0 Å². The molecule has 2 N–H and O–H groups in total. The molecule has 35 heavy (non-hydrogen) atoms. The number of piperidine rings is 1. The van der Waals surface area contributed by atoms with Gasteiger partial charge >= 0.3 is 6.09 Å². The van der Waals surface area contributed by atoms with Gasteiger partial charge in [0, 0.05) is 37.5 Å². The zero-order chi connectivity index (χ0) is 24.5. The van der Waals surface area contributed by atoms with Crippen molar-refractivity contribution in [3.8, 4) is 28.1 Å². The molecule has 0 radical (unpaired) electrons. The monoisotopic (exact) mass is 482 g/mol. The van der Waals surface area contributed by atoms with Gasteiger partial charge in [0.2, 0.25) is 0 Å². The van der Waals surface area contributed by atoms with Crippen LogP contribution in [-0.4, -0.2) is 81.5 Å². The van der Waals surface area contributed by atoms with Gasteiger partial charge in [0.1, 0.15) is 17.7 Å². The summed E-state index contributed by atoms with van der Waals surface area (Å²) >= 11 is 0. The van der Waals surface area contributed by atoms with E-state index in [-0.39, 0.29) is 12.8 Å². The molecule has 1 aromatic carbocycles. The number of carboxylic acid groups (broad SMARTS) is 1. The van der Waals surface area contributed by atoms with Crippen molar-refractivity contribution in [1.29, 1.82) is 0 Å². The molecule has 0 unspecified atom stereocenters. The quantitative estimate of drug-likeness (QED) is 0.491. The largest absolute Gasteiger partial charge is 0.467 e. The predicted molar refractivity (Wildman–Crippen MR) is 126 cm³/mol. The summed E-state index contributed by atoms with van der Waals surface area (Å²) in [5, 5.41) is 16.3. The van der Waals surface area contributed by atoms with E-state index in [2.05, 4.69) is 20.2 Å². The first-order valence-electron chi connectivity index (χ1n) is 11.4. The van der Waals surface area contributed by atoms with Gasteiger partial charge in [0.05, 0.1) is 36.4 Å². The second-order valence-corrected chi connectivity index (χ2v) is 8.86. The Morgan fingerprint density at radius 2 is 2.11 bits per heavy atom. The first-order chi connectivity index (χ1) is 17.0.